The maximum Gasteiger partial charge on any atom is 0.0462 e. The number of anilines is 3. The van der Waals surface area contributed by atoms with Crippen LogP contribution < -0.4 is 4.90 Å². The van der Waals surface area contributed by atoms with Gasteiger partial charge < -0.3 is 4.90 Å². The second-order valence-electron chi connectivity index (χ2n) is 17.4. The fourth-order valence-corrected chi connectivity index (χ4v) is 9.96. The highest BCUT2D eigenvalue weighted by atomic mass is 15.1. The van der Waals surface area contributed by atoms with Crippen molar-refractivity contribution in [2.45, 2.75) is 57.8 Å². The second kappa shape index (κ2) is 19.0. The predicted molar refractivity (Wildman–Crippen MR) is 274 cm³/mol. The minimum absolute atomic E-state index is 1.06. The third kappa shape index (κ3) is 8.85. The monoisotopic (exact) mass is 825 g/mol. The van der Waals surface area contributed by atoms with E-state index in [9.17, 15) is 0 Å². The minimum Gasteiger partial charge on any atom is -0.311 e. The third-order valence-corrected chi connectivity index (χ3v) is 13.3. The van der Waals surface area contributed by atoms with E-state index in [0.29, 0.717) is 0 Å². The van der Waals surface area contributed by atoms with Crippen LogP contribution in [0.4, 0.5) is 17.1 Å². The molecule has 10 rings (SSSR count). The van der Waals surface area contributed by atoms with E-state index < -0.39 is 0 Å². The highest BCUT2D eigenvalue weighted by Crippen LogP contribution is 2.45. The van der Waals surface area contributed by atoms with Gasteiger partial charge in [0.05, 0.1) is 0 Å². The van der Waals surface area contributed by atoms with Gasteiger partial charge >= 0.3 is 0 Å². The van der Waals surface area contributed by atoms with Crippen molar-refractivity contribution in [1.29, 1.82) is 0 Å². The van der Waals surface area contributed by atoms with Gasteiger partial charge in [-0.2, -0.15) is 0 Å². The fraction of sp³-hybridized carbons (Fsp3) is 0.143. The molecule has 0 aliphatic heterocycles. The van der Waals surface area contributed by atoms with Crippen LogP contribution in [-0.4, -0.2) is 0 Å². The van der Waals surface area contributed by atoms with Gasteiger partial charge in [-0.05, 0) is 171 Å². The first-order valence-corrected chi connectivity index (χ1v) is 23.3. The molecule has 1 saturated carbocycles. The van der Waals surface area contributed by atoms with Crippen LogP contribution in [0, 0.1) is 0 Å². The molecule has 312 valence electrons. The van der Waals surface area contributed by atoms with Crippen molar-refractivity contribution in [2.24, 2.45) is 0 Å². The number of hydrogen-bond acceptors (Lipinski definition) is 1. The van der Waals surface area contributed by atoms with Crippen LogP contribution in [0.1, 0.15) is 68.9 Å². The number of fused-ring (bicyclic) bond motifs is 1. The Hall–Kier alpha value is -7.22. The summed E-state index contributed by atoms with van der Waals surface area (Å²) in [5.41, 5.74) is 23.1. The summed E-state index contributed by atoms with van der Waals surface area (Å²) >= 11 is 0. The van der Waals surface area contributed by atoms with E-state index in [2.05, 4.69) is 217 Å². The van der Waals surface area contributed by atoms with Crippen LogP contribution >= 0.6 is 0 Å². The summed E-state index contributed by atoms with van der Waals surface area (Å²) in [6, 6.07) is 77.6. The normalized spacial score (nSPS) is 15.7. The van der Waals surface area contributed by atoms with Crippen LogP contribution in [0.15, 0.2) is 236 Å². The van der Waals surface area contributed by atoms with Gasteiger partial charge in [0, 0.05) is 17.1 Å². The topological polar surface area (TPSA) is 3.24 Å². The van der Waals surface area contributed by atoms with Crippen molar-refractivity contribution in [1.82, 2.24) is 0 Å². The molecule has 0 N–H and O–H groups in total. The largest absolute Gasteiger partial charge is 0.311 e. The number of benzene rings is 8. The highest BCUT2D eigenvalue weighted by molar-refractivity contribution is 5.88. The molecule has 8 aromatic rings. The lowest BCUT2D eigenvalue weighted by Gasteiger charge is -2.28. The molecule has 0 aromatic heterocycles. The summed E-state index contributed by atoms with van der Waals surface area (Å²) in [4.78, 5) is 2.36. The smallest absolute Gasteiger partial charge is 0.0462 e. The molecule has 8 aromatic carbocycles. The molecule has 0 saturated heterocycles. The van der Waals surface area contributed by atoms with E-state index in [1.165, 1.54) is 98.9 Å². The number of nitrogens with zero attached hydrogens (tertiary/aromatic N) is 1. The lowest BCUT2D eigenvalue weighted by atomic mass is 9.76. The molecule has 0 unspecified atom stereocenters. The molecule has 2 aliphatic rings. The van der Waals surface area contributed by atoms with Crippen molar-refractivity contribution < 1.29 is 0 Å². The Morgan fingerprint density at radius 1 is 0.250 bits per heavy atom. The zero-order valence-electron chi connectivity index (χ0n) is 36.7. The molecule has 0 bridgehead atoms. The maximum atomic E-state index is 4.76. The molecule has 0 atom stereocenters. The van der Waals surface area contributed by atoms with E-state index in [1.807, 2.05) is 0 Å². The molecular weight excluding hydrogens is 771 g/mol. The standard InChI is InChI=1S/C63H55N/c1-46-16-6-2-13-23-60(55-21-11-5-12-22-55)61-24-14-15-25-62(61)63(46)56-32-30-51(31-33-56)54-38-44-59(45-39-54)64(57-40-34-52(35-41-57)48-19-9-4-10-20-48)58-42-36-53(37-43-58)50-28-26-49(27-29-50)47-17-7-3-8-18-47/h3-5,7-12,17-22,26-45H,1-2,6,13-16,23-25H2/b61-60+,63-62?. The Labute approximate surface area is 380 Å². The summed E-state index contributed by atoms with van der Waals surface area (Å²) in [7, 11) is 0. The Bertz CT molecular complexity index is 2880. The molecule has 64 heavy (non-hydrogen) atoms. The average molecular weight is 826 g/mol. The van der Waals surface area contributed by atoms with Crippen molar-refractivity contribution >= 4 is 28.2 Å². The van der Waals surface area contributed by atoms with E-state index in [1.54, 1.807) is 16.7 Å². The zero-order chi connectivity index (χ0) is 43.1. The average Bonchev–Trinajstić information content (AvgIpc) is 3.37. The van der Waals surface area contributed by atoms with E-state index >= 15 is 0 Å². The maximum absolute atomic E-state index is 4.76. The molecule has 0 spiro atoms. The van der Waals surface area contributed by atoms with Gasteiger partial charge in [0.25, 0.3) is 0 Å². The van der Waals surface area contributed by atoms with Crippen molar-refractivity contribution in [3.63, 3.8) is 0 Å². The van der Waals surface area contributed by atoms with E-state index in [0.717, 1.165) is 42.7 Å². The SMILES string of the molecule is C=C1CCCCC/C(c2ccccc2)=C2/CCCCC2=C1c1ccc(-c2ccc(N(c3ccc(-c4ccccc4)cc3)c3ccc(-c4ccc(-c5ccccc5)cc4)cc3)cc2)cc1. The number of rotatable bonds is 9. The lowest BCUT2D eigenvalue weighted by molar-refractivity contribution is 0.662. The molecule has 1 fully saturated rings. The van der Waals surface area contributed by atoms with Crippen LogP contribution in [-0.2, 0) is 0 Å². The number of hydrogen-bond donors (Lipinski definition) is 0. The Morgan fingerprint density at radius 3 is 0.969 bits per heavy atom. The molecule has 0 heterocycles. The quantitative estimate of drug-likeness (QED) is 0.140. The predicted octanol–water partition coefficient (Wildman–Crippen LogP) is 18.1. The first-order valence-electron chi connectivity index (χ1n) is 23.3. The van der Waals surface area contributed by atoms with Crippen molar-refractivity contribution in [3.8, 4) is 44.5 Å². The summed E-state index contributed by atoms with van der Waals surface area (Å²) in [6.45, 7) is 4.76. The Kier molecular flexibility index (Phi) is 12.1. The molecule has 2 aliphatic carbocycles. The summed E-state index contributed by atoms with van der Waals surface area (Å²) < 4.78 is 0. The van der Waals surface area contributed by atoms with Gasteiger partial charge in [-0.3, -0.25) is 0 Å². The molecule has 1 nitrogen and oxygen atoms in total. The van der Waals surface area contributed by atoms with Gasteiger partial charge in [-0.15, -0.1) is 0 Å². The van der Waals surface area contributed by atoms with Gasteiger partial charge in [0.2, 0.25) is 0 Å². The van der Waals surface area contributed by atoms with Crippen LogP contribution in [0.5, 0.6) is 0 Å². The van der Waals surface area contributed by atoms with Crippen LogP contribution in [0.3, 0.4) is 0 Å². The lowest BCUT2D eigenvalue weighted by Crippen LogP contribution is -2.09. The van der Waals surface area contributed by atoms with Crippen LogP contribution in [0.25, 0.3) is 55.7 Å². The first-order chi connectivity index (χ1) is 31.7. The van der Waals surface area contributed by atoms with Gasteiger partial charge in [0.15, 0.2) is 0 Å². The minimum atomic E-state index is 1.06. The third-order valence-electron chi connectivity index (χ3n) is 13.3. The first kappa shape index (κ1) is 40.8. The van der Waals surface area contributed by atoms with Gasteiger partial charge in [-0.1, -0.05) is 189 Å². The molecule has 0 amide bonds. The zero-order valence-corrected chi connectivity index (χ0v) is 36.7. The van der Waals surface area contributed by atoms with Gasteiger partial charge in [-0.25, -0.2) is 0 Å². The van der Waals surface area contributed by atoms with E-state index in [-0.39, 0.29) is 0 Å². The number of allylic oxidation sites excluding steroid dienone is 5. The van der Waals surface area contributed by atoms with Crippen molar-refractivity contribution in [3.05, 3.63) is 247 Å². The van der Waals surface area contributed by atoms with Gasteiger partial charge in [0.1, 0.15) is 0 Å². The second-order valence-corrected chi connectivity index (χ2v) is 17.4. The van der Waals surface area contributed by atoms with Crippen molar-refractivity contribution in [2.75, 3.05) is 4.90 Å². The Morgan fingerprint density at radius 2 is 0.547 bits per heavy atom. The summed E-state index contributed by atoms with van der Waals surface area (Å²) in [5.74, 6) is 0. The molecular formula is C63H55N. The van der Waals surface area contributed by atoms with Crippen LogP contribution in [0.2, 0.25) is 0 Å². The fourth-order valence-electron chi connectivity index (χ4n) is 9.96. The summed E-state index contributed by atoms with van der Waals surface area (Å²) in [6.07, 6.45) is 10.7. The summed E-state index contributed by atoms with van der Waals surface area (Å²) in [5, 5.41) is 0. The Balaban J connectivity index is 0.963. The molecule has 1 heteroatoms. The van der Waals surface area contributed by atoms with E-state index in [4.69, 9.17) is 6.58 Å². The molecule has 0 radical (unpaired) electrons. The highest BCUT2D eigenvalue weighted by Gasteiger charge is 2.24.